The van der Waals surface area contributed by atoms with E-state index in [-0.39, 0.29) is 24.5 Å². The predicted molar refractivity (Wildman–Crippen MR) is 114 cm³/mol. The lowest BCUT2D eigenvalue weighted by atomic mass is 9.95. The van der Waals surface area contributed by atoms with E-state index >= 15 is 0 Å². The summed E-state index contributed by atoms with van der Waals surface area (Å²) in [6, 6.07) is 32.0. The molecule has 1 aliphatic rings. The van der Waals surface area contributed by atoms with Gasteiger partial charge >= 0.3 is 0 Å². The number of guanidine groups is 1. The highest BCUT2D eigenvalue weighted by Gasteiger charge is 2.32. The molecule has 0 saturated carbocycles. The van der Waals surface area contributed by atoms with Gasteiger partial charge in [0, 0.05) is 6.54 Å². The Morgan fingerprint density at radius 1 is 0.630 bits per heavy atom. The third-order valence-electron chi connectivity index (χ3n) is 4.75. The number of hydrogen-bond acceptors (Lipinski definition) is 1. The zero-order valence-electron chi connectivity index (χ0n) is 15.1. The fourth-order valence-electron chi connectivity index (χ4n) is 3.41. The smallest absolute Gasteiger partial charge is 0.192 e. The van der Waals surface area contributed by atoms with Crippen LogP contribution >= 0.6 is 12.4 Å². The zero-order valence-corrected chi connectivity index (χ0v) is 15.9. The summed E-state index contributed by atoms with van der Waals surface area (Å²) >= 11 is 0. The van der Waals surface area contributed by atoms with Crippen molar-refractivity contribution in [3.05, 3.63) is 108 Å². The van der Waals surface area contributed by atoms with Gasteiger partial charge < -0.3 is 10.6 Å². The number of halogens is 1. The van der Waals surface area contributed by atoms with Gasteiger partial charge in [0.1, 0.15) is 0 Å². The van der Waals surface area contributed by atoms with Gasteiger partial charge in [-0.05, 0) is 23.1 Å². The average molecular weight is 378 g/mol. The predicted octanol–water partition coefficient (Wildman–Crippen LogP) is 4.68. The molecule has 0 bridgehead atoms. The fourth-order valence-corrected chi connectivity index (χ4v) is 3.41. The Hall–Kier alpha value is -2.78. The van der Waals surface area contributed by atoms with Gasteiger partial charge in [0.2, 0.25) is 0 Å². The van der Waals surface area contributed by atoms with Crippen LogP contribution in [0.25, 0.3) is 0 Å². The topological polar surface area (TPSA) is 36.4 Å². The Balaban J connectivity index is 0.00000210. The van der Waals surface area contributed by atoms with Crippen LogP contribution in [0.3, 0.4) is 0 Å². The van der Waals surface area contributed by atoms with Crippen LogP contribution in [0.5, 0.6) is 0 Å². The van der Waals surface area contributed by atoms with Crippen molar-refractivity contribution < 1.29 is 0 Å². The highest BCUT2D eigenvalue weighted by molar-refractivity contribution is 5.85. The molecule has 0 aliphatic carbocycles. The second kappa shape index (κ2) is 9.24. The maximum Gasteiger partial charge on any atom is 0.192 e. The molecule has 2 N–H and O–H groups in total. The summed E-state index contributed by atoms with van der Waals surface area (Å²) in [5, 5.41) is 7.16. The molecule has 4 rings (SSSR count). The number of nitrogens with one attached hydrogen (secondary N) is 2. The molecule has 0 radical (unpaired) electrons. The first kappa shape index (κ1) is 19.0. The standard InChI is InChI=1S/C23H23N3.ClH/c1-4-10-18(11-5-1)16-17-24-23-25-21(19-12-6-2-7-13-19)22(26-23)20-14-8-3-9-15-20;/h1-15,21-22H,16-17H2,(H2,24,25,26);1H. The van der Waals surface area contributed by atoms with Crippen LogP contribution in [0.2, 0.25) is 0 Å². The Kier molecular flexibility index (Phi) is 6.50. The van der Waals surface area contributed by atoms with Crippen molar-refractivity contribution in [1.29, 1.82) is 0 Å². The molecule has 0 amide bonds. The maximum absolute atomic E-state index is 4.76. The van der Waals surface area contributed by atoms with Gasteiger partial charge in [0.05, 0.1) is 12.1 Å². The number of rotatable bonds is 5. The lowest BCUT2D eigenvalue weighted by Crippen LogP contribution is -2.25. The molecule has 3 nitrogen and oxygen atoms in total. The Bertz CT molecular complexity index is 801. The van der Waals surface area contributed by atoms with E-state index in [0.29, 0.717) is 0 Å². The molecule has 1 aliphatic heterocycles. The summed E-state index contributed by atoms with van der Waals surface area (Å²) in [7, 11) is 0. The van der Waals surface area contributed by atoms with Crippen LogP contribution in [-0.4, -0.2) is 12.5 Å². The van der Waals surface area contributed by atoms with E-state index in [0.717, 1.165) is 18.9 Å². The number of hydrogen-bond donors (Lipinski definition) is 2. The van der Waals surface area contributed by atoms with E-state index in [1.807, 2.05) is 6.07 Å². The fraction of sp³-hybridized carbons (Fsp3) is 0.174. The third kappa shape index (κ3) is 4.69. The summed E-state index contributed by atoms with van der Waals surface area (Å²) in [5.41, 5.74) is 3.85. The van der Waals surface area contributed by atoms with Crippen LogP contribution in [-0.2, 0) is 6.42 Å². The second-order valence-corrected chi connectivity index (χ2v) is 6.53. The van der Waals surface area contributed by atoms with Crippen molar-refractivity contribution in [1.82, 2.24) is 10.6 Å². The molecular weight excluding hydrogens is 354 g/mol. The molecule has 4 heteroatoms. The van der Waals surface area contributed by atoms with Crippen molar-refractivity contribution in [2.75, 3.05) is 6.54 Å². The van der Waals surface area contributed by atoms with Crippen molar-refractivity contribution in [3.8, 4) is 0 Å². The largest absolute Gasteiger partial charge is 0.347 e. The van der Waals surface area contributed by atoms with E-state index in [1.165, 1.54) is 16.7 Å². The van der Waals surface area contributed by atoms with Crippen LogP contribution in [0.15, 0.2) is 96.0 Å². The molecule has 3 aromatic carbocycles. The van der Waals surface area contributed by atoms with Crippen LogP contribution < -0.4 is 10.6 Å². The van der Waals surface area contributed by atoms with Gasteiger partial charge in [-0.1, -0.05) is 91.0 Å². The van der Waals surface area contributed by atoms with E-state index in [1.54, 1.807) is 0 Å². The first-order chi connectivity index (χ1) is 12.9. The van der Waals surface area contributed by atoms with Gasteiger partial charge in [-0.3, -0.25) is 4.99 Å². The molecule has 2 atom stereocenters. The minimum absolute atomic E-state index is 0. The number of aliphatic imine (C=N–C) groups is 1. The Morgan fingerprint density at radius 3 is 1.56 bits per heavy atom. The molecule has 1 saturated heterocycles. The Morgan fingerprint density at radius 2 is 1.07 bits per heavy atom. The van der Waals surface area contributed by atoms with Crippen molar-refractivity contribution in [2.45, 2.75) is 18.5 Å². The van der Waals surface area contributed by atoms with E-state index in [2.05, 4.69) is 95.6 Å². The highest BCUT2D eigenvalue weighted by Crippen LogP contribution is 2.32. The lowest BCUT2D eigenvalue weighted by molar-refractivity contribution is 0.554. The van der Waals surface area contributed by atoms with E-state index in [9.17, 15) is 0 Å². The molecule has 2 unspecified atom stereocenters. The minimum Gasteiger partial charge on any atom is -0.347 e. The van der Waals surface area contributed by atoms with Crippen molar-refractivity contribution in [3.63, 3.8) is 0 Å². The summed E-state index contributed by atoms with van der Waals surface area (Å²) in [6.07, 6.45) is 0.944. The third-order valence-corrected chi connectivity index (χ3v) is 4.75. The lowest BCUT2D eigenvalue weighted by Gasteiger charge is -2.19. The molecule has 138 valence electrons. The molecular formula is C23H24ClN3. The summed E-state index contributed by atoms with van der Waals surface area (Å²) in [6.45, 7) is 0.766. The van der Waals surface area contributed by atoms with Gasteiger partial charge in [-0.2, -0.15) is 0 Å². The van der Waals surface area contributed by atoms with E-state index < -0.39 is 0 Å². The maximum atomic E-state index is 4.76. The number of nitrogens with zero attached hydrogens (tertiary/aromatic N) is 1. The first-order valence-electron chi connectivity index (χ1n) is 9.11. The normalized spacial score (nSPS) is 18.1. The van der Waals surface area contributed by atoms with Gasteiger partial charge in [0.15, 0.2) is 5.96 Å². The summed E-state index contributed by atoms with van der Waals surface area (Å²) in [5.74, 6) is 0.878. The summed E-state index contributed by atoms with van der Waals surface area (Å²) < 4.78 is 0. The van der Waals surface area contributed by atoms with Gasteiger partial charge in [-0.15, -0.1) is 12.4 Å². The first-order valence-corrected chi connectivity index (χ1v) is 9.11. The quantitative estimate of drug-likeness (QED) is 0.677. The van der Waals surface area contributed by atoms with Gasteiger partial charge in [-0.25, -0.2) is 0 Å². The molecule has 1 fully saturated rings. The van der Waals surface area contributed by atoms with Crippen LogP contribution in [0.4, 0.5) is 0 Å². The molecule has 1 heterocycles. The van der Waals surface area contributed by atoms with Crippen molar-refractivity contribution in [2.24, 2.45) is 4.99 Å². The minimum atomic E-state index is 0. The van der Waals surface area contributed by atoms with Crippen LogP contribution in [0.1, 0.15) is 28.8 Å². The molecule has 0 spiro atoms. The summed E-state index contributed by atoms with van der Waals surface area (Å²) in [4.78, 5) is 4.76. The second-order valence-electron chi connectivity index (χ2n) is 6.53. The zero-order chi connectivity index (χ0) is 17.6. The van der Waals surface area contributed by atoms with Crippen molar-refractivity contribution >= 4 is 18.4 Å². The molecule has 27 heavy (non-hydrogen) atoms. The number of benzene rings is 3. The van der Waals surface area contributed by atoms with E-state index in [4.69, 9.17) is 4.99 Å². The highest BCUT2D eigenvalue weighted by atomic mass is 35.5. The molecule has 3 aromatic rings. The Labute approximate surface area is 167 Å². The monoisotopic (exact) mass is 377 g/mol. The average Bonchev–Trinajstić information content (AvgIpc) is 3.14. The van der Waals surface area contributed by atoms with Crippen LogP contribution in [0, 0.1) is 0 Å². The van der Waals surface area contributed by atoms with Gasteiger partial charge in [0.25, 0.3) is 0 Å². The molecule has 0 aromatic heterocycles. The SMILES string of the molecule is Cl.c1ccc(CCN=C2NC(c3ccccc3)C(c3ccccc3)N2)cc1.